The van der Waals surface area contributed by atoms with E-state index in [1.807, 2.05) is 13.0 Å². The van der Waals surface area contributed by atoms with Crippen molar-refractivity contribution in [3.8, 4) is 5.69 Å². The van der Waals surface area contributed by atoms with E-state index in [0.717, 1.165) is 60.4 Å². The van der Waals surface area contributed by atoms with Gasteiger partial charge in [-0.05, 0) is 80.9 Å². The molecule has 0 saturated heterocycles. The van der Waals surface area contributed by atoms with E-state index in [-0.39, 0.29) is 23.5 Å². The highest BCUT2D eigenvalue weighted by atomic mass is 32.2. The molecule has 1 aromatic heterocycles. The van der Waals surface area contributed by atoms with E-state index in [9.17, 15) is 21.6 Å². The molecule has 1 heterocycles. The smallest absolute Gasteiger partial charge is 0.234 e. The van der Waals surface area contributed by atoms with Gasteiger partial charge in [0.25, 0.3) is 0 Å². The van der Waals surface area contributed by atoms with Crippen LogP contribution in [0, 0.1) is 23.4 Å². The maximum Gasteiger partial charge on any atom is 0.234 e. The number of hydrogen-bond acceptors (Lipinski definition) is 3. The second kappa shape index (κ2) is 11.1. The topological polar surface area (TPSA) is 64.0 Å². The monoisotopic (exact) mass is 543 g/mol. The van der Waals surface area contributed by atoms with Crippen molar-refractivity contribution in [1.29, 1.82) is 0 Å². The summed E-state index contributed by atoms with van der Waals surface area (Å²) in [4.78, 5) is 0. The van der Waals surface area contributed by atoms with Gasteiger partial charge in [0, 0.05) is 29.0 Å². The average Bonchev–Trinajstić information content (AvgIpc) is 3.44. The molecular weight excluding hydrogens is 511 g/mol. The van der Waals surface area contributed by atoms with E-state index >= 15 is 0 Å². The van der Waals surface area contributed by atoms with E-state index in [1.165, 1.54) is 41.4 Å². The van der Waals surface area contributed by atoms with Gasteiger partial charge in [0.2, 0.25) is 10.0 Å². The van der Waals surface area contributed by atoms with Crippen LogP contribution in [-0.2, 0) is 22.9 Å². The highest BCUT2D eigenvalue weighted by molar-refractivity contribution is 7.92. The molecule has 0 radical (unpaired) electrons. The van der Waals surface area contributed by atoms with Gasteiger partial charge < -0.3 is 0 Å². The number of benzene rings is 2. The molecule has 0 amide bonds. The van der Waals surface area contributed by atoms with Crippen molar-refractivity contribution >= 4 is 16.1 Å². The van der Waals surface area contributed by atoms with Crippen molar-refractivity contribution in [1.82, 2.24) is 14.5 Å². The Kier molecular flexibility index (Phi) is 7.77. The average molecular weight is 544 g/mol. The maximum atomic E-state index is 14.8. The minimum atomic E-state index is -3.73. The Morgan fingerprint density at radius 2 is 1.82 bits per heavy atom. The van der Waals surface area contributed by atoms with E-state index in [4.69, 9.17) is 0 Å². The summed E-state index contributed by atoms with van der Waals surface area (Å²) in [6.07, 6.45) is 8.76. The molecule has 38 heavy (non-hydrogen) atoms. The SMILES string of the molecule is C[C@@H](NS(=O)(=O)/C=C/c1nn(-c2ccc(F)cc2F)c2c1CCC2Cc1cccc(F)c1)C1CCCCC1. The molecule has 2 aromatic carbocycles. The molecule has 1 unspecified atom stereocenters. The van der Waals surface area contributed by atoms with Gasteiger partial charge in [0.15, 0.2) is 5.82 Å². The lowest BCUT2D eigenvalue weighted by molar-refractivity contribution is 0.303. The van der Waals surface area contributed by atoms with Crippen LogP contribution in [0.3, 0.4) is 0 Å². The zero-order valence-corrected chi connectivity index (χ0v) is 22.2. The Morgan fingerprint density at radius 1 is 1.05 bits per heavy atom. The Morgan fingerprint density at radius 3 is 2.55 bits per heavy atom. The van der Waals surface area contributed by atoms with Crippen molar-refractivity contribution < 1.29 is 21.6 Å². The number of rotatable bonds is 8. The lowest BCUT2D eigenvalue weighted by atomic mass is 9.85. The molecule has 2 aliphatic rings. The third-order valence-electron chi connectivity index (χ3n) is 7.81. The van der Waals surface area contributed by atoms with Gasteiger partial charge in [-0.2, -0.15) is 5.10 Å². The van der Waals surface area contributed by atoms with Crippen LogP contribution in [0.2, 0.25) is 0 Å². The number of hydrogen-bond donors (Lipinski definition) is 1. The van der Waals surface area contributed by atoms with Gasteiger partial charge in [0.1, 0.15) is 17.3 Å². The molecule has 1 fully saturated rings. The second-order valence-corrected chi connectivity index (χ2v) is 12.1. The summed E-state index contributed by atoms with van der Waals surface area (Å²) in [5, 5.41) is 5.70. The molecule has 2 atom stereocenters. The molecule has 0 aliphatic heterocycles. The summed E-state index contributed by atoms with van der Waals surface area (Å²) in [6, 6.07) is 9.48. The van der Waals surface area contributed by atoms with Crippen molar-refractivity contribution in [2.75, 3.05) is 0 Å². The molecule has 5 rings (SSSR count). The summed E-state index contributed by atoms with van der Waals surface area (Å²) >= 11 is 0. The lowest BCUT2D eigenvalue weighted by Crippen LogP contribution is -2.37. The normalized spacial score (nSPS) is 19.2. The maximum absolute atomic E-state index is 14.8. The Hall–Kier alpha value is -2.91. The first-order valence-corrected chi connectivity index (χ1v) is 14.8. The highest BCUT2D eigenvalue weighted by Gasteiger charge is 2.32. The first-order chi connectivity index (χ1) is 18.2. The van der Waals surface area contributed by atoms with Gasteiger partial charge in [-0.1, -0.05) is 31.4 Å². The Labute approximate surface area is 221 Å². The Bertz CT molecular complexity index is 1450. The van der Waals surface area contributed by atoms with Crippen LogP contribution in [0.25, 0.3) is 11.8 Å². The fraction of sp³-hybridized carbons (Fsp3) is 0.414. The van der Waals surface area contributed by atoms with Crippen molar-refractivity contribution in [2.45, 2.75) is 70.3 Å². The van der Waals surface area contributed by atoms with E-state index in [0.29, 0.717) is 24.5 Å². The van der Waals surface area contributed by atoms with E-state index in [2.05, 4.69) is 9.82 Å². The largest absolute Gasteiger partial charge is 0.234 e. The molecule has 2 aliphatic carbocycles. The minimum absolute atomic E-state index is 0.0837. The molecule has 202 valence electrons. The number of nitrogens with zero attached hydrogens (tertiary/aromatic N) is 2. The van der Waals surface area contributed by atoms with Gasteiger partial charge in [-0.15, -0.1) is 0 Å². The standard InChI is InChI=1S/C29H32F3N3O2S/c1-19(21-7-3-2-4-8-21)34-38(36,37)15-14-27-25-12-10-22(16-20-6-5-9-23(30)17-20)29(25)35(33-27)28-13-11-24(31)18-26(28)32/h5-6,9,11,13-15,17-19,21-22,34H,2-4,7-8,10,12,16H2,1H3/b15-14+/t19-,22?/m1/s1. The van der Waals surface area contributed by atoms with Gasteiger partial charge >= 0.3 is 0 Å². The summed E-state index contributed by atoms with van der Waals surface area (Å²) in [5.74, 6) is -1.57. The number of nitrogens with one attached hydrogen (secondary N) is 1. The number of halogens is 3. The molecule has 3 aromatic rings. The van der Waals surface area contributed by atoms with Crippen LogP contribution < -0.4 is 4.72 Å². The minimum Gasteiger partial charge on any atom is -0.234 e. The lowest BCUT2D eigenvalue weighted by Gasteiger charge is -2.27. The Balaban J connectivity index is 1.46. The molecule has 5 nitrogen and oxygen atoms in total. The number of sulfonamides is 1. The van der Waals surface area contributed by atoms with E-state index in [1.54, 1.807) is 6.07 Å². The second-order valence-electron chi connectivity index (χ2n) is 10.5. The third-order valence-corrected chi connectivity index (χ3v) is 9.00. The van der Waals surface area contributed by atoms with Crippen LogP contribution in [0.4, 0.5) is 13.2 Å². The van der Waals surface area contributed by atoms with Crippen molar-refractivity contribution in [2.24, 2.45) is 5.92 Å². The van der Waals surface area contributed by atoms with E-state index < -0.39 is 21.7 Å². The first-order valence-electron chi connectivity index (χ1n) is 13.2. The summed E-state index contributed by atoms with van der Waals surface area (Å²) < 4.78 is 72.3. The van der Waals surface area contributed by atoms with Crippen molar-refractivity contribution in [3.63, 3.8) is 0 Å². The molecular formula is C29H32F3N3O2S. The van der Waals surface area contributed by atoms with Gasteiger partial charge in [-0.25, -0.2) is 31.0 Å². The zero-order chi connectivity index (χ0) is 26.9. The molecule has 1 N–H and O–H groups in total. The molecule has 1 saturated carbocycles. The van der Waals surface area contributed by atoms with Crippen LogP contribution in [0.15, 0.2) is 47.9 Å². The number of fused-ring (bicyclic) bond motifs is 1. The zero-order valence-electron chi connectivity index (χ0n) is 21.3. The molecule has 0 bridgehead atoms. The van der Waals surface area contributed by atoms with Crippen LogP contribution in [0.5, 0.6) is 0 Å². The van der Waals surface area contributed by atoms with Crippen molar-refractivity contribution in [3.05, 3.63) is 87.8 Å². The molecule has 9 heteroatoms. The fourth-order valence-electron chi connectivity index (χ4n) is 5.91. The summed E-state index contributed by atoms with van der Waals surface area (Å²) in [6.45, 7) is 1.90. The molecule has 0 spiro atoms. The summed E-state index contributed by atoms with van der Waals surface area (Å²) in [5.41, 5.74) is 2.87. The quantitative estimate of drug-likeness (QED) is 0.357. The van der Waals surface area contributed by atoms with Gasteiger partial charge in [-0.3, -0.25) is 0 Å². The number of aromatic nitrogens is 2. The highest BCUT2D eigenvalue weighted by Crippen LogP contribution is 2.40. The summed E-state index contributed by atoms with van der Waals surface area (Å²) in [7, 11) is -3.73. The predicted octanol–water partition coefficient (Wildman–Crippen LogP) is 6.42. The first kappa shape index (κ1) is 26.7. The fourth-order valence-corrected chi connectivity index (χ4v) is 7.01. The predicted molar refractivity (Wildman–Crippen MR) is 142 cm³/mol. The van der Waals surface area contributed by atoms with Gasteiger partial charge in [0.05, 0.1) is 11.4 Å². The third kappa shape index (κ3) is 5.89. The van der Waals surface area contributed by atoms with Crippen LogP contribution in [-0.4, -0.2) is 24.2 Å². The van der Waals surface area contributed by atoms with Crippen LogP contribution in [0.1, 0.15) is 73.9 Å². The van der Waals surface area contributed by atoms with Crippen LogP contribution >= 0.6 is 0 Å².